The second kappa shape index (κ2) is 10.2. The summed E-state index contributed by atoms with van der Waals surface area (Å²) >= 11 is 12.1. The Bertz CT molecular complexity index is 1010. The smallest absolute Gasteiger partial charge is 0.243 e. The van der Waals surface area contributed by atoms with E-state index in [2.05, 4.69) is 5.32 Å². The average Bonchev–Trinajstić information content (AvgIpc) is 2.67. The Balaban J connectivity index is 2.07. The molecule has 2 rings (SSSR count). The fourth-order valence-electron chi connectivity index (χ4n) is 2.77. The maximum atomic E-state index is 12.6. The first kappa shape index (κ1) is 24.1. The minimum absolute atomic E-state index is 0.180. The van der Waals surface area contributed by atoms with Gasteiger partial charge < -0.3 is 14.8 Å². The van der Waals surface area contributed by atoms with Gasteiger partial charge in [0.1, 0.15) is 24.1 Å². The first-order valence-corrected chi connectivity index (χ1v) is 11.6. The third-order valence-electron chi connectivity index (χ3n) is 4.28. The van der Waals surface area contributed by atoms with E-state index in [4.69, 9.17) is 32.7 Å². The summed E-state index contributed by atoms with van der Waals surface area (Å²) in [5.41, 5.74) is 1.11. The Labute approximate surface area is 186 Å². The summed E-state index contributed by atoms with van der Waals surface area (Å²) < 4.78 is 36.7. The van der Waals surface area contributed by atoms with Crippen molar-refractivity contribution in [3.8, 4) is 11.5 Å². The van der Waals surface area contributed by atoms with Crippen LogP contribution in [0.25, 0.3) is 0 Å². The molecule has 1 amide bonds. The van der Waals surface area contributed by atoms with Crippen molar-refractivity contribution in [3.63, 3.8) is 0 Å². The highest BCUT2D eigenvalue weighted by Crippen LogP contribution is 2.34. The summed E-state index contributed by atoms with van der Waals surface area (Å²) in [4.78, 5) is 12.6. The number of nitrogens with zero attached hydrogens (tertiary/aromatic N) is 1. The molecule has 2 aromatic rings. The monoisotopic (exact) mass is 474 g/mol. The van der Waals surface area contributed by atoms with Gasteiger partial charge in [-0.05, 0) is 49.7 Å². The van der Waals surface area contributed by atoms with Crippen LogP contribution in [0.5, 0.6) is 11.5 Å². The third kappa shape index (κ3) is 6.17. The average molecular weight is 475 g/mol. The number of hydrogen-bond donors (Lipinski definition) is 1. The van der Waals surface area contributed by atoms with E-state index in [1.54, 1.807) is 24.3 Å². The summed E-state index contributed by atoms with van der Waals surface area (Å²) in [7, 11) is -2.40. The fourth-order valence-corrected chi connectivity index (χ4v) is 4.28. The Kier molecular flexibility index (Phi) is 8.23. The minimum Gasteiger partial charge on any atom is -0.495 e. The summed E-state index contributed by atoms with van der Waals surface area (Å²) in [5, 5.41) is 3.58. The summed E-state index contributed by atoms with van der Waals surface area (Å²) in [6.07, 6.45) is 1.02. The zero-order valence-corrected chi connectivity index (χ0v) is 19.4. The van der Waals surface area contributed by atoms with Gasteiger partial charge in [-0.3, -0.25) is 9.10 Å². The van der Waals surface area contributed by atoms with Crippen LogP contribution in [-0.2, 0) is 14.8 Å². The van der Waals surface area contributed by atoms with Crippen molar-refractivity contribution in [2.24, 2.45) is 0 Å². The lowest BCUT2D eigenvalue weighted by Gasteiger charge is -2.29. The SMILES string of the molecule is COc1ccc(Cl)cc1N(C(C)C(=O)NCCOc1ccc(C)c(Cl)c1)S(C)(=O)=O. The molecule has 1 unspecified atom stereocenters. The van der Waals surface area contributed by atoms with E-state index in [-0.39, 0.29) is 24.6 Å². The molecule has 0 radical (unpaired) electrons. The van der Waals surface area contributed by atoms with Crippen molar-refractivity contribution in [3.05, 3.63) is 52.0 Å². The van der Waals surface area contributed by atoms with Crippen molar-refractivity contribution >= 4 is 44.8 Å². The van der Waals surface area contributed by atoms with Gasteiger partial charge in [0.2, 0.25) is 15.9 Å². The number of methoxy groups -OCH3 is 1. The molecule has 0 aromatic heterocycles. The Morgan fingerprint density at radius 1 is 1.20 bits per heavy atom. The number of aryl methyl sites for hydroxylation is 1. The standard InChI is InChI=1S/C20H24Cl2N2O5S/c1-13-5-7-16(12-17(13)22)29-10-9-23-20(25)14(2)24(30(4,26)27)18-11-15(21)6-8-19(18)28-3/h5-8,11-12,14H,9-10H2,1-4H3,(H,23,25). The zero-order chi connectivity index (χ0) is 22.5. The van der Waals surface area contributed by atoms with E-state index < -0.39 is 22.0 Å². The number of hydrogen-bond acceptors (Lipinski definition) is 5. The predicted octanol–water partition coefficient (Wildman–Crippen LogP) is 3.66. The molecule has 0 aliphatic carbocycles. The van der Waals surface area contributed by atoms with Crippen LogP contribution in [0.1, 0.15) is 12.5 Å². The van der Waals surface area contributed by atoms with Gasteiger partial charge in [-0.2, -0.15) is 0 Å². The van der Waals surface area contributed by atoms with Gasteiger partial charge in [0.05, 0.1) is 25.6 Å². The van der Waals surface area contributed by atoms with E-state index >= 15 is 0 Å². The van der Waals surface area contributed by atoms with Crippen molar-refractivity contribution < 1.29 is 22.7 Å². The summed E-state index contributed by atoms with van der Waals surface area (Å²) in [5.74, 6) is 0.367. The van der Waals surface area contributed by atoms with Crippen LogP contribution in [0.2, 0.25) is 10.0 Å². The Morgan fingerprint density at radius 3 is 2.50 bits per heavy atom. The van der Waals surface area contributed by atoms with Crippen LogP contribution in [0.3, 0.4) is 0 Å². The quantitative estimate of drug-likeness (QED) is 0.560. The number of halogens is 2. The van der Waals surface area contributed by atoms with Crippen LogP contribution in [0, 0.1) is 6.92 Å². The van der Waals surface area contributed by atoms with E-state index in [9.17, 15) is 13.2 Å². The van der Waals surface area contributed by atoms with Crippen LogP contribution in [0.4, 0.5) is 5.69 Å². The Hall–Kier alpha value is -2.16. The molecule has 0 aliphatic rings. The molecule has 0 saturated carbocycles. The van der Waals surface area contributed by atoms with Crippen molar-refractivity contribution in [2.75, 3.05) is 30.8 Å². The number of carbonyl (C=O) groups is 1. The summed E-state index contributed by atoms with van der Waals surface area (Å²) in [6.45, 7) is 3.74. The molecule has 1 N–H and O–H groups in total. The number of sulfonamides is 1. The lowest BCUT2D eigenvalue weighted by molar-refractivity contribution is -0.121. The Morgan fingerprint density at radius 2 is 1.90 bits per heavy atom. The molecule has 0 bridgehead atoms. The number of nitrogens with one attached hydrogen (secondary N) is 1. The first-order chi connectivity index (χ1) is 14.0. The van der Waals surface area contributed by atoms with Gasteiger partial charge in [-0.15, -0.1) is 0 Å². The predicted molar refractivity (Wildman–Crippen MR) is 119 cm³/mol. The number of ether oxygens (including phenoxy) is 2. The lowest BCUT2D eigenvalue weighted by Crippen LogP contribution is -2.48. The molecule has 30 heavy (non-hydrogen) atoms. The normalized spacial score (nSPS) is 12.2. The fraction of sp³-hybridized carbons (Fsp3) is 0.350. The maximum absolute atomic E-state index is 12.6. The van der Waals surface area contributed by atoms with E-state index in [1.165, 1.54) is 20.1 Å². The van der Waals surface area contributed by atoms with Gasteiger partial charge in [0.25, 0.3) is 0 Å². The van der Waals surface area contributed by atoms with Crippen molar-refractivity contribution in [1.29, 1.82) is 0 Å². The number of anilines is 1. The topological polar surface area (TPSA) is 84.9 Å². The highest BCUT2D eigenvalue weighted by Gasteiger charge is 2.31. The van der Waals surface area contributed by atoms with Crippen molar-refractivity contribution in [2.45, 2.75) is 19.9 Å². The van der Waals surface area contributed by atoms with Crippen LogP contribution in [0.15, 0.2) is 36.4 Å². The minimum atomic E-state index is -3.81. The molecule has 0 heterocycles. The lowest BCUT2D eigenvalue weighted by atomic mass is 10.2. The number of rotatable bonds is 9. The van der Waals surface area contributed by atoms with E-state index in [0.717, 1.165) is 16.1 Å². The molecule has 1 atom stereocenters. The first-order valence-electron chi connectivity index (χ1n) is 9.04. The third-order valence-corrected chi connectivity index (χ3v) is 6.15. The van der Waals surface area contributed by atoms with Crippen molar-refractivity contribution in [1.82, 2.24) is 5.32 Å². The number of carbonyl (C=O) groups excluding carboxylic acids is 1. The van der Waals surface area contributed by atoms with Crippen LogP contribution in [-0.4, -0.2) is 46.9 Å². The maximum Gasteiger partial charge on any atom is 0.243 e. The molecule has 2 aromatic carbocycles. The number of amides is 1. The second-order valence-corrected chi connectivity index (χ2v) is 9.30. The van der Waals surface area contributed by atoms with E-state index in [1.807, 2.05) is 13.0 Å². The largest absolute Gasteiger partial charge is 0.495 e. The number of benzene rings is 2. The highest BCUT2D eigenvalue weighted by molar-refractivity contribution is 7.92. The molecule has 7 nitrogen and oxygen atoms in total. The summed E-state index contributed by atoms with van der Waals surface area (Å²) in [6, 6.07) is 8.82. The molecular formula is C20H24Cl2N2O5S. The van der Waals surface area contributed by atoms with Gasteiger partial charge in [-0.25, -0.2) is 8.42 Å². The van der Waals surface area contributed by atoms with Gasteiger partial charge >= 0.3 is 0 Å². The molecule has 0 fully saturated rings. The van der Waals surface area contributed by atoms with Gasteiger partial charge in [0, 0.05) is 10.0 Å². The molecule has 0 aliphatic heterocycles. The molecule has 164 valence electrons. The molecule has 0 spiro atoms. The second-order valence-electron chi connectivity index (χ2n) is 6.60. The molecular weight excluding hydrogens is 451 g/mol. The van der Waals surface area contributed by atoms with Gasteiger partial charge in [0.15, 0.2) is 0 Å². The van der Waals surface area contributed by atoms with Crippen LogP contribution >= 0.6 is 23.2 Å². The molecule has 10 heteroatoms. The molecule has 0 saturated heterocycles. The zero-order valence-electron chi connectivity index (χ0n) is 17.1. The van der Waals surface area contributed by atoms with E-state index in [0.29, 0.717) is 15.8 Å². The van der Waals surface area contributed by atoms with Gasteiger partial charge in [-0.1, -0.05) is 29.3 Å². The highest BCUT2D eigenvalue weighted by atomic mass is 35.5. The van der Waals surface area contributed by atoms with Crippen LogP contribution < -0.4 is 19.1 Å².